The van der Waals surface area contributed by atoms with Crippen molar-refractivity contribution in [1.29, 1.82) is 0 Å². The van der Waals surface area contributed by atoms with E-state index in [2.05, 4.69) is 33.4 Å². The lowest BCUT2D eigenvalue weighted by Gasteiger charge is -2.29. The first-order valence-electron chi connectivity index (χ1n) is 7.26. The maximum atomic E-state index is 5.45. The summed E-state index contributed by atoms with van der Waals surface area (Å²) in [5, 5.41) is 6.55. The number of amidine groups is 1. The van der Waals surface area contributed by atoms with E-state index in [4.69, 9.17) is 4.84 Å². The molecule has 6 heteroatoms. The number of imidazole rings is 1. The maximum Gasteiger partial charge on any atom is 0.194 e. The van der Waals surface area contributed by atoms with Gasteiger partial charge >= 0.3 is 0 Å². The zero-order chi connectivity index (χ0) is 14.7. The van der Waals surface area contributed by atoms with Crippen molar-refractivity contribution in [2.75, 3.05) is 13.2 Å². The number of thiophene rings is 1. The minimum atomic E-state index is 0.638. The average molecular weight is 304 g/mol. The third-order valence-corrected chi connectivity index (χ3v) is 4.62. The second kappa shape index (κ2) is 6.30. The first-order chi connectivity index (χ1) is 10.3. The smallest absolute Gasteiger partial charge is 0.194 e. The van der Waals surface area contributed by atoms with Crippen LogP contribution in [0, 0.1) is 0 Å². The lowest BCUT2D eigenvalue weighted by molar-refractivity contribution is 0.139. The summed E-state index contributed by atoms with van der Waals surface area (Å²) in [6.07, 6.45) is 5.66. The molecule has 1 aliphatic heterocycles. The molecule has 2 aromatic rings. The van der Waals surface area contributed by atoms with Crippen molar-refractivity contribution in [3.05, 3.63) is 40.1 Å². The van der Waals surface area contributed by atoms with Gasteiger partial charge in [-0.05, 0) is 29.9 Å². The van der Waals surface area contributed by atoms with E-state index >= 15 is 0 Å². The summed E-state index contributed by atoms with van der Waals surface area (Å²) in [5.74, 6) is 0.875. The largest absolute Gasteiger partial charge is 0.394 e. The number of oxime groups is 1. The van der Waals surface area contributed by atoms with Gasteiger partial charge in [-0.3, -0.25) is 0 Å². The molecule has 0 bridgehead atoms. The van der Waals surface area contributed by atoms with Crippen LogP contribution in [0.25, 0.3) is 0 Å². The molecule has 0 saturated carbocycles. The van der Waals surface area contributed by atoms with Crippen LogP contribution >= 0.6 is 11.3 Å². The zero-order valence-corrected chi connectivity index (χ0v) is 13.3. The van der Waals surface area contributed by atoms with Crippen molar-refractivity contribution < 1.29 is 4.84 Å². The highest BCUT2D eigenvalue weighted by atomic mass is 32.1. The molecule has 1 aliphatic rings. The van der Waals surface area contributed by atoms with Crippen molar-refractivity contribution in [3.63, 3.8) is 0 Å². The van der Waals surface area contributed by atoms with Gasteiger partial charge in [-0.15, -0.1) is 11.3 Å². The highest BCUT2D eigenvalue weighted by molar-refractivity contribution is 7.10. The number of hydrogen-bond acceptors (Lipinski definition) is 4. The molecule has 0 unspecified atom stereocenters. The van der Waals surface area contributed by atoms with Crippen LogP contribution in [0.1, 0.15) is 29.5 Å². The Kier molecular flexibility index (Phi) is 4.24. The number of fused-ring (bicyclic) bond motifs is 1. The van der Waals surface area contributed by atoms with Crippen LogP contribution in [-0.4, -0.2) is 33.4 Å². The minimum Gasteiger partial charge on any atom is -0.394 e. The lowest BCUT2D eigenvalue weighted by Crippen LogP contribution is -2.37. The van der Waals surface area contributed by atoms with Gasteiger partial charge in [-0.1, -0.05) is 12.1 Å². The number of nitrogens with zero attached hydrogens (tertiary/aromatic N) is 4. The van der Waals surface area contributed by atoms with Crippen LogP contribution in [-0.2, 0) is 24.9 Å². The molecule has 2 aromatic heterocycles. The van der Waals surface area contributed by atoms with Crippen molar-refractivity contribution >= 4 is 17.2 Å². The van der Waals surface area contributed by atoms with E-state index in [-0.39, 0.29) is 0 Å². The first-order valence-corrected chi connectivity index (χ1v) is 8.14. The van der Waals surface area contributed by atoms with Crippen LogP contribution in [0.2, 0.25) is 0 Å². The third-order valence-electron chi connectivity index (χ3n) is 3.60. The zero-order valence-electron chi connectivity index (χ0n) is 12.5. The van der Waals surface area contributed by atoms with Crippen molar-refractivity contribution in [1.82, 2.24) is 14.5 Å². The molecule has 0 atom stereocenters. The van der Waals surface area contributed by atoms with Crippen LogP contribution in [0.4, 0.5) is 0 Å². The van der Waals surface area contributed by atoms with Gasteiger partial charge in [0.25, 0.3) is 0 Å². The molecule has 3 rings (SSSR count). The van der Waals surface area contributed by atoms with Crippen LogP contribution < -0.4 is 0 Å². The van der Waals surface area contributed by atoms with E-state index in [0.29, 0.717) is 6.61 Å². The fourth-order valence-corrected chi connectivity index (χ4v) is 3.36. The molecule has 0 aliphatic carbocycles. The van der Waals surface area contributed by atoms with Crippen LogP contribution in [0.15, 0.2) is 29.1 Å². The molecule has 5 nitrogen and oxygen atoms in total. The number of rotatable bonds is 4. The fourth-order valence-electron chi connectivity index (χ4n) is 2.47. The van der Waals surface area contributed by atoms with Gasteiger partial charge in [0, 0.05) is 25.0 Å². The molecule has 0 radical (unpaired) electrons. The highest BCUT2D eigenvalue weighted by Crippen LogP contribution is 2.25. The summed E-state index contributed by atoms with van der Waals surface area (Å²) >= 11 is 1.85. The Hall–Kier alpha value is -1.82. The SMILES string of the molecule is CCCON=C(c1cncn1C)N1CCc2sccc2C1. The summed E-state index contributed by atoms with van der Waals surface area (Å²) in [7, 11) is 1.98. The molecular formula is C15H20N4OS. The summed E-state index contributed by atoms with van der Waals surface area (Å²) < 4.78 is 1.98. The van der Waals surface area contributed by atoms with Gasteiger partial charge in [0.05, 0.1) is 12.5 Å². The summed E-state index contributed by atoms with van der Waals surface area (Å²) in [6.45, 7) is 4.57. The minimum absolute atomic E-state index is 0.638. The van der Waals surface area contributed by atoms with Gasteiger partial charge in [-0.2, -0.15) is 0 Å². The fraction of sp³-hybridized carbons (Fsp3) is 0.467. The molecule has 0 spiro atoms. The van der Waals surface area contributed by atoms with E-state index in [1.54, 1.807) is 6.33 Å². The van der Waals surface area contributed by atoms with Crippen molar-refractivity contribution in [2.45, 2.75) is 26.3 Å². The number of aryl methyl sites for hydroxylation is 1. The van der Waals surface area contributed by atoms with Crippen LogP contribution in [0.3, 0.4) is 0 Å². The number of aromatic nitrogens is 2. The Morgan fingerprint density at radius 1 is 1.52 bits per heavy atom. The Labute approximate surface area is 128 Å². The highest BCUT2D eigenvalue weighted by Gasteiger charge is 2.23. The predicted molar refractivity (Wildman–Crippen MR) is 84.4 cm³/mol. The molecule has 0 saturated heterocycles. The van der Waals surface area contributed by atoms with Crippen LogP contribution in [0.5, 0.6) is 0 Å². The molecule has 112 valence electrons. The Morgan fingerprint density at radius 3 is 3.19 bits per heavy atom. The lowest BCUT2D eigenvalue weighted by atomic mass is 10.1. The maximum absolute atomic E-state index is 5.45. The normalized spacial score (nSPS) is 15.1. The van der Waals surface area contributed by atoms with Gasteiger partial charge < -0.3 is 14.3 Å². The predicted octanol–water partition coefficient (Wildman–Crippen LogP) is 2.63. The van der Waals surface area contributed by atoms with Crippen molar-refractivity contribution in [2.24, 2.45) is 12.2 Å². The van der Waals surface area contributed by atoms with E-state index in [1.165, 1.54) is 10.4 Å². The van der Waals surface area contributed by atoms with E-state index in [1.807, 2.05) is 29.1 Å². The van der Waals surface area contributed by atoms with Crippen molar-refractivity contribution in [3.8, 4) is 0 Å². The summed E-state index contributed by atoms with van der Waals surface area (Å²) in [5.41, 5.74) is 2.39. The monoisotopic (exact) mass is 304 g/mol. The van der Waals surface area contributed by atoms with E-state index in [0.717, 1.165) is 37.5 Å². The quantitative estimate of drug-likeness (QED) is 0.377. The molecule has 0 N–H and O–H groups in total. The second-order valence-electron chi connectivity index (χ2n) is 5.18. The van der Waals surface area contributed by atoms with E-state index < -0.39 is 0 Å². The first kappa shape index (κ1) is 14.1. The van der Waals surface area contributed by atoms with Gasteiger partial charge in [0.15, 0.2) is 5.84 Å². The molecule has 0 fully saturated rings. The second-order valence-corrected chi connectivity index (χ2v) is 6.18. The molecule has 0 aromatic carbocycles. The van der Waals surface area contributed by atoms with Gasteiger partial charge in [0.1, 0.15) is 12.3 Å². The third kappa shape index (κ3) is 2.95. The Balaban J connectivity index is 1.86. The average Bonchev–Trinajstić information content (AvgIpc) is 3.12. The molecule has 3 heterocycles. The topological polar surface area (TPSA) is 42.7 Å². The Bertz CT molecular complexity index is 631. The van der Waals surface area contributed by atoms with Gasteiger partial charge in [0.2, 0.25) is 0 Å². The van der Waals surface area contributed by atoms with E-state index in [9.17, 15) is 0 Å². The summed E-state index contributed by atoms with van der Waals surface area (Å²) in [4.78, 5) is 13.4. The standard InChI is InChI=1S/C15H20N4OS/c1-3-7-20-17-15(13-9-16-11-18(13)2)19-6-4-14-12(10-19)5-8-21-14/h5,8-9,11H,3-4,6-7,10H2,1-2H3. The molecular weight excluding hydrogens is 284 g/mol. The number of hydrogen-bond donors (Lipinski definition) is 0. The van der Waals surface area contributed by atoms with Gasteiger partial charge in [-0.25, -0.2) is 4.98 Å². The molecule has 21 heavy (non-hydrogen) atoms. The Morgan fingerprint density at radius 2 is 2.43 bits per heavy atom. The summed E-state index contributed by atoms with van der Waals surface area (Å²) in [6, 6.07) is 2.21. The molecule has 0 amide bonds.